The first kappa shape index (κ1) is 61.9. The van der Waals surface area contributed by atoms with Gasteiger partial charge in [-0.3, -0.25) is 14.4 Å². The summed E-state index contributed by atoms with van der Waals surface area (Å²) in [6.07, 6.45) is 67.7. The number of carbonyl (C=O) groups is 3. The van der Waals surface area contributed by atoms with Crippen LogP contribution in [0, 0.1) is 0 Å². The van der Waals surface area contributed by atoms with Gasteiger partial charge >= 0.3 is 17.9 Å². The van der Waals surface area contributed by atoms with Crippen LogP contribution in [0.5, 0.6) is 0 Å². The van der Waals surface area contributed by atoms with Crippen molar-refractivity contribution in [3.63, 3.8) is 0 Å². The third kappa shape index (κ3) is 51.7. The Hall–Kier alpha value is -3.15. The predicted molar refractivity (Wildman–Crippen MR) is 279 cm³/mol. The molecule has 6 heteroatoms. The Morgan fingerprint density at radius 1 is 0.323 bits per heavy atom. The lowest BCUT2D eigenvalue weighted by atomic mass is 10.1. The summed E-state index contributed by atoms with van der Waals surface area (Å²) >= 11 is 0. The summed E-state index contributed by atoms with van der Waals surface area (Å²) in [5.74, 6) is -0.881. The van der Waals surface area contributed by atoms with Crippen molar-refractivity contribution in [2.75, 3.05) is 13.2 Å². The van der Waals surface area contributed by atoms with Crippen LogP contribution in [-0.2, 0) is 28.6 Å². The molecule has 0 aromatic rings. The molecule has 1 atom stereocenters. The van der Waals surface area contributed by atoms with Crippen LogP contribution in [0.3, 0.4) is 0 Å². The Balaban J connectivity index is 4.09. The summed E-state index contributed by atoms with van der Waals surface area (Å²) in [6.45, 7) is 6.48. The minimum absolute atomic E-state index is 0.0733. The molecule has 0 amide bonds. The van der Waals surface area contributed by atoms with Crippen molar-refractivity contribution in [3.05, 3.63) is 72.9 Å². The van der Waals surface area contributed by atoms with Crippen molar-refractivity contribution < 1.29 is 28.6 Å². The van der Waals surface area contributed by atoms with Crippen molar-refractivity contribution >= 4 is 17.9 Å². The Morgan fingerprint density at radius 2 is 0.600 bits per heavy atom. The summed E-state index contributed by atoms with van der Waals surface area (Å²) in [4.78, 5) is 37.8. The Labute approximate surface area is 402 Å². The van der Waals surface area contributed by atoms with Crippen LogP contribution in [0.2, 0.25) is 0 Å². The molecule has 6 nitrogen and oxygen atoms in total. The number of hydrogen-bond acceptors (Lipinski definition) is 6. The monoisotopic (exact) mass is 907 g/mol. The first-order valence-corrected chi connectivity index (χ1v) is 27.4. The molecular weight excluding hydrogens is 805 g/mol. The Kier molecular flexibility index (Phi) is 50.9. The Morgan fingerprint density at radius 3 is 0.938 bits per heavy atom. The summed E-state index contributed by atoms with van der Waals surface area (Å²) in [6, 6.07) is 0. The summed E-state index contributed by atoms with van der Waals surface area (Å²) in [7, 11) is 0. The molecule has 1 unspecified atom stereocenters. The highest BCUT2D eigenvalue weighted by atomic mass is 16.6. The highest BCUT2D eigenvalue weighted by Crippen LogP contribution is 2.15. The van der Waals surface area contributed by atoms with Crippen molar-refractivity contribution in [2.45, 2.75) is 271 Å². The number of unbranched alkanes of at least 4 members (excludes halogenated alkanes) is 26. The van der Waals surface area contributed by atoms with E-state index in [1.165, 1.54) is 128 Å². The molecule has 0 aromatic heterocycles. The normalized spacial score (nSPS) is 12.6. The highest BCUT2D eigenvalue weighted by molar-refractivity contribution is 5.71. The predicted octanol–water partition coefficient (Wildman–Crippen LogP) is 18.2. The molecule has 0 aromatic carbocycles. The van der Waals surface area contributed by atoms with E-state index in [0.717, 1.165) is 96.3 Å². The van der Waals surface area contributed by atoms with Crippen molar-refractivity contribution in [1.82, 2.24) is 0 Å². The molecule has 374 valence electrons. The van der Waals surface area contributed by atoms with Crippen LogP contribution >= 0.6 is 0 Å². The Bertz CT molecular complexity index is 1230. The molecule has 0 rings (SSSR count). The third-order valence-corrected chi connectivity index (χ3v) is 11.7. The summed E-state index contributed by atoms with van der Waals surface area (Å²) < 4.78 is 16.7. The fourth-order valence-electron chi connectivity index (χ4n) is 7.62. The van der Waals surface area contributed by atoms with Crippen LogP contribution in [-0.4, -0.2) is 37.2 Å². The number of hydrogen-bond donors (Lipinski definition) is 0. The number of rotatable bonds is 49. The second-order valence-corrected chi connectivity index (χ2v) is 18.1. The van der Waals surface area contributed by atoms with Crippen molar-refractivity contribution in [3.8, 4) is 0 Å². The largest absolute Gasteiger partial charge is 0.462 e. The molecule has 0 saturated carbocycles. The van der Waals surface area contributed by atoms with Crippen LogP contribution < -0.4 is 0 Å². The molecule has 65 heavy (non-hydrogen) atoms. The van der Waals surface area contributed by atoms with Gasteiger partial charge in [-0.25, -0.2) is 0 Å². The summed E-state index contributed by atoms with van der Waals surface area (Å²) in [5.41, 5.74) is 0. The molecule has 0 spiro atoms. The van der Waals surface area contributed by atoms with Gasteiger partial charge in [0.1, 0.15) is 13.2 Å². The zero-order chi connectivity index (χ0) is 47.2. The molecule has 0 heterocycles. The van der Waals surface area contributed by atoms with Gasteiger partial charge in [-0.15, -0.1) is 0 Å². The SMILES string of the molecule is CC/C=C\C/C=C\C/C=C\C/C=C\C/C=C\C/C=C\CCCCCCCCCCCCC(=O)OCC(COC(=O)CCCCCCCCC)OC(=O)CCCCCCCCCCCCC. The van der Waals surface area contributed by atoms with E-state index < -0.39 is 6.10 Å². The van der Waals surface area contributed by atoms with E-state index in [1.54, 1.807) is 0 Å². The molecule has 0 N–H and O–H groups in total. The zero-order valence-electron chi connectivity index (χ0n) is 42.7. The van der Waals surface area contributed by atoms with Gasteiger partial charge in [0.15, 0.2) is 6.10 Å². The molecule has 0 fully saturated rings. The van der Waals surface area contributed by atoms with Gasteiger partial charge in [0.05, 0.1) is 0 Å². The second kappa shape index (κ2) is 53.5. The van der Waals surface area contributed by atoms with Gasteiger partial charge in [0.25, 0.3) is 0 Å². The van der Waals surface area contributed by atoms with Gasteiger partial charge in [-0.2, -0.15) is 0 Å². The number of carbonyl (C=O) groups excluding carboxylic acids is 3. The van der Waals surface area contributed by atoms with Gasteiger partial charge < -0.3 is 14.2 Å². The number of esters is 3. The van der Waals surface area contributed by atoms with Crippen molar-refractivity contribution in [1.29, 1.82) is 0 Å². The van der Waals surface area contributed by atoms with Gasteiger partial charge in [0, 0.05) is 19.3 Å². The maximum absolute atomic E-state index is 12.7. The van der Waals surface area contributed by atoms with Crippen LogP contribution in [0.15, 0.2) is 72.9 Å². The molecule has 0 aliphatic heterocycles. The van der Waals surface area contributed by atoms with E-state index >= 15 is 0 Å². The van der Waals surface area contributed by atoms with E-state index in [0.29, 0.717) is 19.3 Å². The van der Waals surface area contributed by atoms with E-state index in [4.69, 9.17) is 14.2 Å². The standard InChI is InChI=1S/C59H102O6/c1-4-7-10-13-16-18-20-21-22-23-24-25-26-27-28-29-30-31-32-33-34-35-36-37-39-40-43-46-49-52-58(61)64-55-56(54-63-57(60)51-48-45-42-15-12-9-6-3)65-59(62)53-50-47-44-41-38-19-17-14-11-8-5-2/h7,10,16,18,21-22,24-25,27-28,30-31,56H,4-6,8-9,11-15,17,19-20,23,26,29,32-55H2,1-3H3/b10-7-,18-16-,22-21-,25-24-,28-27-,31-30-. The van der Waals surface area contributed by atoms with Crippen molar-refractivity contribution in [2.24, 2.45) is 0 Å². The highest BCUT2D eigenvalue weighted by Gasteiger charge is 2.19. The molecule has 0 aliphatic carbocycles. The third-order valence-electron chi connectivity index (χ3n) is 11.7. The minimum atomic E-state index is -0.770. The molecule has 0 bridgehead atoms. The lowest BCUT2D eigenvalue weighted by molar-refractivity contribution is -0.167. The maximum atomic E-state index is 12.7. The number of ether oxygens (including phenoxy) is 3. The fourth-order valence-corrected chi connectivity index (χ4v) is 7.62. The first-order chi connectivity index (χ1) is 32.0. The second-order valence-electron chi connectivity index (χ2n) is 18.1. The first-order valence-electron chi connectivity index (χ1n) is 27.4. The van der Waals surface area contributed by atoms with Gasteiger partial charge in [0.2, 0.25) is 0 Å². The van der Waals surface area contributed by atoms with E-state index in [1.807, 2.05) is 0 Å². The molecule has 0 aliphatic rings. The fraction of sp³-hybridized carbons (Fsp3) is 0.746. The average Bonchev–Trinajstić information content (AvgIpc) is 3.30. The van der Waals surface area contributed by atoms with Crippen LogP contribution in [0.4, 0.5) is 0 Å². The molecule has 0 radical (unpaired) electrons. The zero-order valence-corrected chi connectivity index (χ0v) is 42.7. The quantitative estimate of drug-likeness (QED) is 0.0262. The average molecular weight is 907 g/mol. The van der Waals surface area contributed by atoms with Gasteiger partial charge in [-0.1, -0.05) is 248 Å². The smallest absolute Gasteiger partial charge is 0.306 e. The topological polar surface area (TPSA) is 78.9 Å². The minimum Gasteiger partial charge on any atom is -0.462 e. The van der Waals surface area contributed by atoms with E-state index in [-0.39, 0.29) is 31.1 Å². The lowest BCUT2D eigenvalue weighted by Gasteiger charge is -2.18. The van der Waals surface area contributed by atoms with Crippen LogP contribution in [0.25, 0.3) is 0 Å². The summed E-state index contributed by atoms with van der Waals surface area (Å²) in [5, 5.41) is 0. The van der Waals surface area contributed by atoms with Gasteiger partial charge in [-0.05, 0) is 70.6 Å². The maximum Gasteiger partial charge on any atom is 0.306 e. The molecular formula is C59H102O6. The number of allylic oxidation sites excluding steroid dienone is 12. The van der Waals surface area contributed by atoms with E-state index in [9.17, 15) is 14.4 Å². The van der Waals surface area contributed by atoms with E-state index in [2.05, 4.69) is 93.7 Å². The lowest BCUT2D eigenvalue weighted by Crippen LogP contribution is -2.30. The van der Waals surface area contributed by atoms with Crippen LogP contribution in [0.1, 0.15) is 265 Å². The molecule has 0 saturated heterocycles.